The van der Waals surface area contributed by atoms with Crippen molar-refractivity contribution >= 4 is 0 Å². The zero-order valence-electron chi connectivity index (χ0n) is 10.1. The highest BCUT2D eigenvalue weighted by atomic mass is 19.2. The molecule has 0 saturated carbocycles. The van der Waals surface area contributed by atoms with Gasteiger partial charge in [0.15, 0.2) is 11.6 Å². The highest BCUT2D eigenvalue weighted by Gasteiger charge is 2.17. The molecule has 0 aliphatic carbocycles. The van der Waals surface area contributed by atoms with Gasteiger partial charge in [0.1, 0.15) is 11.6 Å². The molecule has 2 rings (SSSR count). The second kappa shape index (κ2) is 5.32. The van der Waals surface area contributed by atoms with Gasteiger partial charge in [-0.3, -0.25) is 0 Å². The van der Waals surface area contributed by atoms with E-state index in [9.17, 15) is 13.2 Å². The van der Waals surface area contributed by atoms with E-state index in [0.717, 1.165) is 6.07 Å². The van der Waals surface area contributed by atoms with Gasteiger partial charge < -0.3 is 9.84 Å². The number of ether oxygens (including phenoxy) is 1. The van der Waals surface area contributed by atoms with Crippen LogP contribution >= 0.6 is 0 Å². The van der Waals surface area contributed by atoms with E-state index in [2.05, 4.69) is 0 Å². The molecule has 0 amide bonds. The molecular weight excluding hydrogens is 257 g/mol. The number of benzene rings is 2. The fourth-order valence-electron chi connectivity index (χ4n) is 1.76. The summed E-state index contributed by atoms with van der Waals surface area (Å²) in [5.74, 6) is -2.78. The summed E-state index contributed by atoms with van der Waals surface area (Å²) >= 11 is 0. The highest BCUT2D eigenvalue weighted by molar-refractivity contribution is 5.66. The number of hydrogen-bond donors (Lipinski definition) is 1. The lowest BCUT2D eigenvalue weighted by molar-refractivity contribution is 0.273. The number of methoxy groups -OCH3 is 1. The molecule has 0 heterocycles. The van der Waals surface area contributed by atoms with Crippen LogP contribution in [-0.2, 0) is 6.61 Å². The van der Waals surface area contributed by atoms with E-state index in [0.29, 0.717) is 0 Å². The zero-order valence-corrected chi connectivity index (χ0v) is 10.1. The van der Waals surface area contributed by atoms with E-state index in [1.54, 1.807) is 0 Å². The molecule has 0 unspecified atom stereocenters. The molecule has 2 aromatic carbocycles. The van der Waals surface area contributed by atoms with E-state index in [1.807, 2.05) is 0 Å². The molecule has 5 heteroatoms. The highest BCUT2D eigenvalue weighted by Crippen LogP contribution is 2.30. The molecular formula is C14H11F3O2. The van der Waals surface area contributed by atoms with Crippen LogP contribution in [0.2, 0.25) is 0 Å². The topological polar surface area (TPSA) is 29.5 Å². The molecule has 0 spiro atoms. The van der Waals surface area contributed by atoms with Crippen LogP contribution in [0.15, 0.2) is 30.3 Å². The van der Waals surface area contributed by atoms with Crippen LogP contribution < -0.4 is 4.74 Å². The minimum atomic E-state index is -1.18. The van der Waals surface area contributed by atoms with Crippen LogP contribution in [0.3, 0.4) is 0 Å². The summed E-state index contributed by atoms with van der Waals surface area (Å²) in [5, 5.41) is 8.83. The molecule has 2 nitrogen and oxygen atoms in total. The maximum atomic E-state index is 13.8. The second-order valence-electron chi connectivity index (χ2n) is 3.90. The molecule has 0 radical (unpaired) electrons. The number of aliphatic hydroxyl groups excluding tert-OH is 1. The fourth-order valence-corrected chi connectivity index (χ4v) is 1.76. The van der Waals surface area contributed by atoms with Gasteiger partial charge in [0.25, 0.3) is 0 Å². The van der Waals surface area contributed by atoms with Crippen molar-refractivity contribution in [2.45, 2.75) is 6.61 Å². The maximum absolute atomic E-state index is 13.8. The van der Waals surface area contributed by atoms with Crippen molar-refractivity contribution in [3.05, 3.63) is 53.3 Å². The van der Waals surface area contributed by atoms with Gasteiger partial charge in [0.2, 0.25) is 0 Å². The van der Waals surface area contributed by atoms with Gasteiger partial charge in [0, 0.05) is 22.8 Å². The summed E-state index contributed by atoms with van der Waals surface area (Å²) in [5.41, 5.74) is -0.438. The zero-order chi connectivity index (χ0) is 14.0. The molecule has 0 aliphatic rings. The third-order valence-electron chi connectivity index (χ3n) is 2.80. The number of hydrogen-bond acceptors (Lipinski definition) is 2. The Kier molecular flexibility index (Phi) is 3.76. The fraction of sp³-hybridized carbons (Fsp3) is 0.143. The SMILES string of the molecule is COc1ccc(-c2ccc(CO)c(F)c2F)c(F)c1. The standard InChI is InChI=1S/C14H11F3O2/c1-19-9-3-5-10(12(15)6-9)11-4-2-8(7-18)13(16)14(11)17/h2-6,18H,7H2,1H3. The van der Waals surface area contributed by atoms with E-state index < -0.39 is 24.1 Å². The normalized spacial score (nSPS) is 10.6. The average molecular weight is 268 g/mol. The van der Waals surface area contributed by atoms with Gasteiger partial charge in [-0.25, -0.2) is 13.2 Å². The van der Waals surface area contributed by atoms with Crippen molar-refractivity contribution in [2.75, 3.05) is 7.11 Å². The van der Waals surface area contributed by atoms with Gasteiger partial charge in [-0.05, 0) is 12.1 Å². The smallest absolute Gasteiger partial charge is 0.167 e. The van der Waals surface area contributed by atoms with Gasteiger partial charge in [-0.2, -0.15) is 0 Å². The first kappa shape index (κ1) is 13.4. The van der Waals surface area contributed by atoms with Crippen molar-refractivity contribution in [3.63, 3.8) is 0 Å². The van der Waals surface area contributed by atoms with Crippen LogP contribution in [0.1, 0.15) is 5.56 Å². The number of aliphatic hydroxyl groups is 1. The summed E-state index contributed by atoms with van der Waals surface area (Å²) in [6.45, 7) is -0.617. The van der Waals surface area contributed by atoms with E-state index >= 15 is 0 Å². The Hall–Kier alpha value is -2.01. The Morgan fingerprint density at radius 1 is 1.00 bits per heavy atom. The largest absolute Gasteiger partial charge is 0.497 e. The summed E-state index contributed by atoms with van der Waals surface area (Å²) < 4.78 is 46.0. The van der Waals surface area contributed by atoms with Gasteiger partial charge in [0.05, 0.1) is 13.7 Å². The Morgan fingerprint density at radius 2 is 1.68 bits per heavy atom. The van der Waals surface area contributed by atoms with Crippen LogP contribution in [0.5, 0.6) is 5.75 Å². The molecule has 0 aliphatic heterocycles. The molecule has 1 N–H and O–H groups in total. The van der Waals surface area contributed by atoms with Crippen molar-refractivity contribution in [1.82, 2.24) is 0 Å². The second-order valence-corrected chi connectivity index (χ2v) is 3.90. The van der Waals surface area contributed by atoms with Gasteiger partial charge in [-0.1, -0.05) is 12.1 Å². The molecule has 100 valence electrons. The molecule has 0 fully saturated rings. The monoisotopic (exact) mass is 268 g/mol. The number of halogens is 3. The molecule has 0 saturated heterocycles. The molecule has 19 heavy (non-hydrogen) atoms. The third-order valence-corrected chi connectivity index (χ3v) is 2.80. The Labute approximate surface area is 108 Å². The Balaban J connectivity index is 2.56. The van der Waals surface area contributed by atoms with Crippen LogP contribution in [0.25, 0.3) is 11.1 Å². The first-order chi connectivity index (χ1) is 9.08. The number of rotatable bonds is 3. The van der Waals surface area contributed by atoms with Gasteiger partial charge >= 0.3 is 0 Å². The summed E-state index contributed by atoms with van der Waals surface area (Å²) in [7, 11) is 1.38. The lowest BCUT2D eigenvalue weighted by atomic mass is 10.0. The van der Waals surface area contributed by atoms with Crippen LogP contribution in [0, 0.1) is 17.5 Å². The minimum Gasteiger partial charge on any atom is -0.497 e. The third kappa shape index (κ3) is 2.42. The molecule has 2 aromatic rings. The summed E-state index contributed by atoms with van der Waals surface area (Å²) in [6, 6.07) is 6.30. The Bertz CT molecular complexity index is 612. The van der Waals surface area contributed by atoms with Crippen molar-refractivity contribution in [2.24, 2.45) is 0 Å². The van der Waals surface area contributed by atoms with Crippen LogP contribution in [-0.4, -0.2) is 12.2 Å². The van der Waals surface area contributed by atoms with Gasteiger partial charge in [-0.15, -0.1) is 0 Å². The lowest BCUT2D eigenvalue weighted by Crippen LogP contribution is -1.98. The van der Waals surface area contributed by atoms with Crippen LogP contribution in [0.4, 0.5) is 13.2 Å². The lowest BCUT2D eigenvalue weighted by Gasteiger charge is -2.09. The summed E-state index contributed by atoms with van der Waals surface area (Å²) in [6.07, 6.45) is 0. The Morgan fingerprint density at radius 3 is 2.26 bits per heavy atom. The van der Waals surface area contributed by atoms with Crippen molar-refractivity contribution in [1.29, 1.82) is 0 Å². The van der Waals surface area contributed by atoms with Crippen molar-refractivity contribution in [3.8, 4) is 16.9 Å². The average Bonchev–Trinajstić information content (AvgIpc) is 2.42. The first-order valence-corrected chi connectivity index (χ1v) is 5.50. The quantitative estimate of drug-likeness (QED) is 0.925. The van der Waals surface area contributed by atoms with E-state index in [4.69, 9.17) is 9.84 Å². The predicted octanol–water partition coefficient (Wildman–Crippen LogP) is 3.27. The van der Waals surface area contributed by atoms with Crippen molar-refractivity contribution < 1.29 is 23.0 Å². The molecule has 0 bridgehead atoms. The predicted molar refractivity (Wildman–Crippen MR) is 64.2 cm³/mol. The molecule has 0 aromatic heterocycles. The maximum Gasteiger partial charge on any atom is 0.167 e. The first-order valence-electron chi connectivity index (χ1n) is 5.50. The molecule has 0 atom stereocenters. The minimum absolute atomic E-state index is 0.0679. The summed E-state index contributed by atoms with van der Waals surface area (Å²) in [4.78, 5) is 0. The van der Waals surface area contributed by atoms with E-state index in [1.165, 1.54) is 31.4 Å². The van der Waals surface area contributed by atoms with E-state index in [-0.39, 0.29) is 22.4 Å².